The number of aryl methyl sites for hydroxylation is 1. The molecule has 3 aromatic rings. The highest BCUT2D eigenvalue weighted by molar-refractivity contribution is 5.99. The Morgan fingerprint density at radius 1 is 1.21 bits per heavy atom. The van der Waals surface area contributed by atoms with E-state index in [4.69, 9.17) is 4.74 Å². The molecule has 1 N–H and O–H groups in total. The highest BCUT2D eigenvalue weighted by atomic mass is 19.4. The van der Waals surface area contributed by atoms with Crippen LogP contribution in [0, 0.1) is 6.92 Å². The topological polar surface area (TPSA) is 69.0 Å². The molecule has 0 saturated heterocycles. The Morgan fingerprint density at radius 2 is 1.93 bits per heavy atom. The van der Waals surface area contributed by atoms with E-state index in [1.165, 1.54) is 16.8 Å². The van der Waals surface area contributed by atoms with Crippen LogP contribution in [-0.2, 0) is 11.0 Å². The van der Waals surface area contributed by atoms with Crippen molar-refractivity contribution in [2.75, 3.05) is 5.32 Å². The number of hydrogen-bond donors (Lipinski definition) is 1. The average Bonchev–Trinajstić information content (AvgIpc) is 3.08. The van der Waals surface area contributed by atoms with Gasteiger partial charge < -0.3 is 10.1 Å². The minimum Gasteiger partial charge on any atom is -0.455 e. The summed E-state index contributed by atoms with van der Waals surface area (Å²) in [7, 11) is 0. The van der Waals surface area contributed by atoms with Crippen molar-refractivity contribution in [1.82, 2.24) is 15.0 Å². The number of carbonyl (C=O) groups is 1. The molecule has 0 aliphatic rings. The van der Waals surface area contributed by atoms with Crippen LogP contribution in [0.15, 0.2) is 61.3 Å². The van der Waals surface area contributed by atoms with Crippen LogP contribution in [0.3, 0.4) is 0 Å². The Kier molecular flexibility index (Phi) is 5.16. The Labute approximate surface area is 158 Å². The number of rotatable bonds is 5. The number of anilines is 1. The molecule has 2 aromatic carbocycles. The number of halogens is 3. The molecule has 1 amide bonds. The van der Waals surface area contributed by atoms with Gasteiger partial charge in [0.25, 0.3) is 0 Å². The van der Waals surface area contributed by atoms with Crippen LogP contribution in [0.4, 0.5) is 18.9 Å². The SMILES string of the molecule is C=CC(=O)Nc1ccc(Oc2ccc(C(F)(F)F)cc2)c(-n2cc(C)nn2)c1. The second-order valence-corrected chi connectivity index (χ2v) is 5.80. The van der Waals surface area contributed by atoms with Gasteiger partial charge in [-0.2, -0.15) is 13.2 Å². The lowest BCUT2D eigenvalue weighted by Gasteiger charge is -2.13. The number of alkyl halides is 3. The molecule has 6 nitrogen and oxygen atoms in total. The maximum atomic E-state index is 12.7. The van der Waals surface area contributed by atoms with Gasteiger partial charge in [0.05, 0.1) is 17.5 Å². The number of nitrogens with zero attached hydrogens (tertiary/aromatic N) is 3. The summed E-state index contributed by atoms with van der Waals surface area (Å²) in [6, 6.07) is 9.10. The van der Waals surface area contributed by atoms with Gasteiger partial charge in [-0.1, -0.05) is 11.8 Å². The van der Waals surface area contributed by atoms with E-state index in [1.54, 1.807) is 31.3 Å². The summed E-state index contributed by atoms with van der Waals surface area (Å²) in [5.74, 6) is 0.146. The number of aromatic nitrogens is 3. The normalized spacial score (nSPS) is 11.1. The molecule has 28 heavy (non-hydrogen) atoms. The van der Waals surface area contributed by atoms with Gasteiger partial charge in [0.2, 0.25) is 5.91 Å². The average molecular weight is 388 g/mol. The minimum absolute atomic E-state index is 0.217. The first-order valence-electron chi connectivity index (χ1n) is 8.08. The van der Waals surface area contributed by atoms with Crippen molar-refractivity contribution in [1.29, 1.82) is 0 Å². The predicted molar refractivity (Wildman–Crippen MR) is 96.4 cm³/mol. The van der Waals surface area contributed by atoms with Gasteiger partial charge in [0, 0.05) is 5.69 Å². The quantitative estimate of drug-likeness (QED) is 0.653. The number of benzene rings is 2. The summed E-state index contributed by atoms with van der Waals surface area (Å²) >= 11 is 0. The molecule has 0 atom stereocenters. The van der Waals surface area contributed by atoms with E-state index in [9.17, 15) is 18.0 Å². The Hall–Kier alpha value is -3.62. The lowest BCUT2D eigenvalue weighted by Crippen LogP contribution is -2.08. The van der Waals surface area contributed by atoms with Crippen molar-refractivity contribution >= 4 is 11.6 Å². The second-order valence-electron chi connectivity index (χ2n) is 5.80. The Bertz CT molecular complexity index is 1010. The third kappa shape index (κ3) is 4.37. The highest BCUT2D eigenvalue weighted by Crippen LogP contribution is 2.33. The molecule has 0 radical (unpaired) electrons. The van der Waals surface area contributed by atoms with Crippen molar-refractivity contribution in [2.45, 2.75) is 13.1 Å². The fourth-order valence-corrected chi connectivity index (χ4v) is 2.36. The zero-order valence-corrected chi connectivity index (χ0v) is 14.7. The largest absolute Gasteiger partial charge is 0.455 e. The smallest absolute Gasteiger partial charge is 0.416 e. The molecule has 1 heterocycles. The highest BCUT2D eigenvalue weighted by Gasteiger charge is 2.30. The van der Waals surface area contributed by atoms with Crippen molar-refractivity contribution in [3.05, 3.63) is 72.6 Å². The van der Waals surface area contributed by atoms with Crippen molar-refractivity contribution < 1.29 is 22.7 Å². The van der Waals surface area contributed by atoms with E-state index in [0.717, 1.165) is 18.2 Å². The zero-order chi connectivity index (χ0) is 20.3. The Balaban J connectivity index is 1.95. The Morgan fingerprint density at radius 3 is 2.50 bits per heavy atom. The predicted octanol–water partition coefficient (Wildman–Crippen LogP) is 4.51. The first-order valence-corrected chi connectivity index (χ1v) is 8.08. The lowest BCUT2D eigenvalue weighted by molar-refractivity contribution is -0.137. The molecular weight excluding hydrogens is 373 g/mol. The zero-order valence-electron chi connectivity index (χ0n) is 14.7. The van der Waals surface area contributed by atoms with Gasteiger partial charge in [-0.05, 0) is 55.5 Å². The van der Waals surface area contributed by atoms with Crippen LogP contribution >= 0.6 is 0 Å². The van der Waals surface area contributed by atoms with Gasteiger partial charge >= 0.3 is 6.18 Å². The van der Waals surface area contributed by atoms with E-state index >= 15 is 0 Å². The van der Waals surface area contributed by atoms with Crippen LogP contribution in [-0.4, -0.2) is 20.9 Å². The molecule has 0 fully saturated rings. The molecule has 0 saturated carbocycles. The fourth-order valence-electron chi connectivity index (χ4n) is 2.36. The third-order valence-corrected chi connectivity index (χ3v) is 3.68. The van der Waals surface area contributed by atoms with Crippen LogP contribution < -0.4 is 10.1 Å². The van der Waals surface area contributed by atoms with E-state index in [0.29, 0.717) is 22.8 Å². The summed E-state index contributed by atoms with van der Waals surface area (Å²) in [6.07, 6.45) is -1.65. The van der Waals surface area contributed by atoms with Crippen LogP contribution in [0.5, 0.6) is 11.5 Å². The molecule has 0 bridgehead atoms. The standard InChI is InChI=1S/C19H15F3N4O2/c1-3-18(27)23-14-6-9-17(16(10-14)26-11-12(2)24-25-26)28-15-7-4-13(5-8-15)19(20,21)22/h3-11H,1H2,2H3,(H,23,27). The van der Waals surface area contributed by atoms with Crippen LogP contribution in [0.25, 0.3) is 5.69 Å². The van der Waals surface area contributed by atoms with Gasteiger partial charge in [0.1, 0.15) is 11.4 Å². The summed E-state index contributed by atoms with van der Waals surface area (Å²) in [6.45, 7) is 5.15. The van der Waals surface area contributed by atoms with Gasteiger partial charge in [-0.3, -0.25) is 4.79 Å². The number of nitrogens with one attached hydrogen (secondary N) is 1. The minimum atomic E-state index is -4.42. The maximum absolute atomic E-state index is 12.7. The van der Waals surface area contributed by atoms with Crippen LogP contribution in [0.1, 0.15) is 11.3 Å². The van der Waals surface area contributed by atoms with Crippen LogP contribution in [0.2, 0.25) is 0 Å². The third-order valence-electron chi connectivity index (χ3n) is 3.68. The number of carbonyl (C=O) groups excluding carboxylic acids is 1. The van der Waals surface area contributed by atoms with E-state index in [1.807, 2.05) is 0 Å². The number of amides is 1. The maximum Gasteiger partial charge on any atom is 0.416 e. The first kappa shape index (κ1) is 19.2. The summed E-state index contributed by atoms with van der Waals surface area (Å²) < 4.78 is 45.3. The van der Waals surface area contributed by atoms with Crippen molar-refractivity contribution in [2.24, 2.45) is 0 Å². The fraction of sp³-hybridized carbons (Fsp3) is 0.105. The summed E-state index contributed by atoms with van der Waals surface area (Å²) in [5.41, 5.74) is 0.797. The molecule has 0 spiro atoms. The van der Waals surface area contributed by atoms with Gasteiger partial charge in [-0.25, -0.2) is 4.68 Å². The molecule has 0 aliphatic heterocycles. The molecular formula is C19H15F3N4O2. The van der Waals surface area contributed by atoms with Gasteiger partial charge in [-0.15, -0.1) is 5.10 Å². The van der Waals surface area contributed by atoms with Gasteiger partial charge in [0.15, 0.2) is 5.75 Å². The molecule has 144 valence electrons. The first-order chi connectivity index (χ1) is 13.3. The molecule has 0 aliphatic carbocycles. The lowest BCUT2D eigenvalue weighted by atomic mass is 10.2. The number of hydrogen-bond acceptors (Lipinski definition) is 4. The molecule has 3 rings (SSSR count). The van der Waals surface area contributed by atoms with Crippen molar-refractivity contribution in [3.63, 3.8) is 0 Å². The monoisotopic (exact) mass is 388 g/mol. The summed E-state index contributed by atoms with van der Waals surface area (Å²) in [4.78, 5) is 11.5. The van der Waals surface area contributed by atoms with E-state index < -0.39 is 17.6 Å². The van der Waals surface area contributed by atoms with Crippen molar-refractivity contribution in [3.8, 4) is 17.2 Å². The molecule has 1 aromatic heterocycles. The molecule has 0 unspecified atom stereocenters. The van der Waals surface area contributed by atoms with E-state index in [-0.39, 0.29) is 5.75 Å². The second kappa shape index (κ2) is 7.55. The number of ether oxygens (including phenoxy) is 1. The molecule has 9 heteroatoms. The van der Waals surface area contributed by atoms with E-state index in [2.05, 4.69) is 22.2 Å². The summed E-state index contributed by atoms with van der Waals surface area (Å²) in [5, 5.41) is 10.5.